The van der Waals surface area contributed by atoms with E-state index in [2.05, 4.69) is 5.32 Å². The van der Waals surface area contributed by atoms with E-state index in [0.29, 0.717) is 25.9 Å². The van der Waals surface area contributed by atoms with Crippen LogP contribution in [0.2, 0.25) is 0 Å². The number of hydrogen-bond acceptors (Lipinski definition) is 4. The highest BCUT2D eigenvalue weighted by atomic mass is 32.1. The van der Waals surface area contributed by atoms with Gasteiger partial charge in [0.1, 0.15) is 12.6 Å². The molecular weight excluding hydrogens is 262 g/mol. The minimum Gasteiger partial charge on any atom is -0.385 e. The third-order valence-corrected chi connectivity index (χ3v) is 3.43. The molecule has 4 nitrogen and oxygen atoms in total. The highest BCUT2D eigenvalue weighted by molar-refractivity contribution is 7.09. The van der Waals surface area contributed by atoms with Crippen LogP contribution in [0.3, 0.4) is 0 Å². The molecule has 0 spiro atoms. The van der Waals surface area contributed by atoms with E-state index in [1.54, 1.807) is 11.3 Å². The number of thiophene rings is 1. The highest BCUT2D eigenvalue weighted by Gasteiger charge is 2.06. The lowest BCUT2D eigenvalue weighted by atomic mass is 10.3. The molecule has 0 saturated heterocycles. The van der Waals surface area contributed by atoms with Gasteiger partial charge >= 0.3 is 0 Å². The Morgan fingerprint density at radius 2 is 2.26 bits per heavy atom. The Labute approximate surface area is 119 Å². The van der Waals surface area contributed by atoms with Gasteiger partial charge in [-0.05, 0) is 25.3 Å². The fraction of sp³-hybridized carbons (Fsp3) is 0.714. The summed E-state index contributed by atoms with van der Waals surface area (Å²) >= 11 is 1.68. The van der Waals surface area contributed by atoms with Gasteiger partial charge in [-0.25, -0.2) is 0 Å². The first-order chi connectivity index (χ1) is 9.18. The van der Waals surface area contributed by atoms with Gasteiger partial charge in [0, 0.05) is 11.3 Å². The zero-order chi connectivity index (χ0) is 13.9. The Hall–Kier alpha value is -0.460. The van der Waals surface area contributed by atoms with Crippen LogP contribution in [0.15, 0.2) is 17.5 Å². The Morgan fingerprint density at radius 1 is 1.42 bits per heavy atom. The molecule has 0 aliphatic carbocycles. The number of ether oxygens (including phenoxy) is 2. The van der Waals surface area contributed by atoms with Gasteiger partial charge in [0.2, 0.25) is 0 Å². The average Bonchev–Trinajstić information content (AvgIpc) is 2.86. The summed E-state index contributed by atoms with van der Waals surface area (Å²) in [4.78, 5) is 1.20. The van der Waals surface area contributed by atoms with Gasteiger partial charge in [-0.3, -0.25) is 0 Å². The summed E-state index contributed by atoms with van der Waals surface area (Å²) in [6.07, 6.45) is 0.920. The Balaban J connectivity index is 1.89. The molecule has 1 aromatic heterocycles. The molecule has 19 heavy (non-hydrogen) atoms. The van der Waals surface area contributed by atoms with Crippen molar-refractivity contribution in [3.8, 4) is 0 Å². The average molecular weight is 288 g/mol. The summed E-state index contributed by atoms with van der Waals surface area (Å²) in [5, 5.41) is 13.9. The summed E-state index contributed by atoms with van der Waals surface area (Å²) in [6.45, 7) is 7.53. The van der Waals surface area contributed by atoms with E-state index in [1.165, 1.54) is 4.88 Å². The lowest BCUT2D eigenvalue weighted by Crippen LogP contribution is -2.86. The van der Waals surface area contributed by atoms with Gasteiger partial charge < -0.3 is 19.9 Å². The molecule has 1 aromatic rings. The predicted octanol–water partition coefficient (Wildman–Crippen LogP) is 1.00. The molecule has 0 aromatic carbocycles. The maximum absolute atomic E-state index is 9.74. The van der Waals surface area contributed by atoms with Crippen molar-refractivity contribution in [3.63, 3.8) is 0 Å². The number of quaternary nitrogens is 1. The van der Waals surface area contributed by atoms with Crippen LogP contribution >= 0.6 is 11.3 Å². The van der Waals surface area contributed by atoms with Gasteiger partial charge in [-0.2, -0.15) is 0 Å². The van der Waals surface area contributed by atoms with Crippen LogP contribution in [0, 0.1) is 0 Å². The van der Waals surface area contributed by atoms with Crippen LogP contribution in [0.4, 0.5) is 0 Å². The quantitative estimate of drug-likeness (QED) is 0.597. The largest absolute Gasteiger partial charge is 0.385 e. The molecule has 0 saturated carbocycles. The molecule has 5 heteroatoms. The van der Waals surface area contributed by atoms with E-state index in [0.717, 1.165) is 19.6 Å². The molecule has 110 valence electrons. The molecule has 0 fully saturated rings. The van der Waals surface area contributed by atoms with Gasteiger partial charge in [-0.1, -0.05) is 6.07 Å². The standard InChI is InChI=1S/C14H25NO3S/c1-12(2)18-7-4-6-15-9-13(16)10-17-11-14-5-3-8-19-14/h3,5,8,12-13,15-16H,4,6-7,9-11H2,1-2H3/p+1/t13-/m1/s1. The van der Waals surface area contributed by atoms with E-state index in [4.69, 9.17) is 9.47 Å². The fourth-order valence-electron chi connectivity index (χ4n) is 1.62. The topological polar surface area (TPSA) is 55.3 Å². The van der Waals surface area contributed by atoms with E-state index < -0.39 is 6.10 Å². The van der Waals surface area contributed by atoms with E-state index in [9.17, 15) is 5.11 Å². The molecule has 0 unspecified atom stereocenters. The maximum Gasteiger partial charge on any atom is 0.126 e. The first kappa shape index (κ1) is 16.6. The minimum atomic E-state index is -0.397. The third-order valence-electron chi connectivity index (χ3n) is 2.58. The van der Waals surface area contributed by atoms with Gasteiger partial charge in [0.15, 0.2) is 0 Å². The van der Waals surface area contributed by atoms with Crippen molar-refractivity contribution in [2.24, 2.45) is 0 Å². The number of nitrogens with two attached hydrogens (primary N) is 1. The Kier molecular flexibility index (Phi) is 9.03. The van der Waals surface area contributed by atoms with Crippen molar-refractivity contribution in [1.82, 2.24) is 0 Å². The van der Waals surface area contributed by atoms with Gasteiger partial charge in [0.05, 0.1) is 32.5 Å². The molecule has 0 amide bonds. The van der Waals surface area contributed by atoms with Crippen LogP contribution in [0.5, 0.6) is 0 Å². The summed E-state index contributed by atoms with van der Waals surface area (Å²) in [7, 11) is 0. The van der Waals surface area contributed by atoms with Crippen LogP contribution in [0.25, 0.3) is 0 Å². The van der Waals surface area contributed by atoms with Crippen LogP contribution in [0.1, 0.15) is 25.1 Å². The van der Waals surface area contributed by atoms with Crippen LogP contribution < -0.4 is 5.32 Å². The first-order valence-electron chi connectivity index (χ1n) is 6.90. The van der Waals surface area contributed by atoms with Crippen molar-refractivity contribution in [2.75, 3.05) is 26.3 Å². The zero-order valence-electron chi connectivity index (χ0n) is 11.9. The summed E-state index contributed by atoms with van der Waals surface area (Å²) in [5.41, 5.74) is 0. The van der Waals surface area contributed by atoms with Crippen molar-refractivity contribution >= 4 is 11.3 Å². The second-order valence-electron chi connectivity index (χ2n) is 4.83. The van der Waals surface area contributed by atoms with E-state index in [1.807, 2.05) is 31.4 Å². The lowest BCUT2D eigenvalue weighted by molar-refractivity contribution is -0.661. The SMILES string of the molecule is CC(C)OCCC[NH2+]C[C@@H](O)COCc1cccs1. The molecule has 1 rings (SSSR count). The molecule has 0 aliphatic rings. The molecular formula is C14H26NO3S+. The maximum atomic E-state index is 9.74. The number of hydrogen-bond donors (Lipinski definition) is 2. The number of aliphatic hydroxyl groups is 1. The monoisotopic (exact) mass is 288 g/mol. The molecule has 3 N–H and O–H groups in total. The van der Waals surface area contributed by atoms with E-state index >= 15 is 0 Å². The zero-order valence-corrected chi connectivity index (χ0v) is 12.7. The molecule has 0 radical (unpaired) electrons. The Morgan fingerprint density at radius 3 is 2.95 bits per heavy atom. The van der Waals surface area contributed by atoms with Crippen molar-refractivity contribution in [3.05, 3.63) is 22.4 Å². The lowest BCUT2D eigenvalue weighted by Gasteiger charge is -2.10. The van der Waals surface area contributed by atoms with E-state index in [-0.39, 0.29) is 0 Å². The summed E-state index contributed by atoms with van der Waals surface area (Å²) in [6, 6.07) is 4.05. The predicted molar refractivity (Wildman–Crippen MR) is 77.3 cm³/mol. The fourth-order valence-corrected chi connectivity index (χ4v) is 2.26. The Bertz CT molecular complexity index is 304. The van der Waals surface area contributed by atoms with Crippen LogP contribution in [-0.4, -0.2) is 43.6 Å². The molecule has 1 atom stereocenters. The second kappa shape index (κ2) is 10.3. The smallest absolute Gasteiger partial charge is 0.126 e. The highest BCUT2D eigenvalue weighted by Crippen LogP contribution is 2.09. The third kappa shape index (κ3) is 9.13. The normalized spacial score (nSPS) is 13.1. The van der Waals surface area contributed by atoms with Crippen molar-refractivity contribution < 1.29 is 19.9 Å². The summed E-state index contributed by atoms with van der Waals surface area (Å²) in [5.74, 6) is 0. The van der Waals surface area contributed by atoms with Crippen LogP contribution in [-0.2, 0) is 16.1 Å². The van der Waals surface area contributed by atoms with Gasteiger partial charge in [-0.15, -0.1) is 11.3 Å². The number of rotatable bonds is 11. The molecule has 0 bridgehead atoms. The summed E-state index contributed by atoms with van der Waals surface area (Å²) < 4.78 is 10.9. The minimum absolute atomic E-state index is 0.302. The molecule has 1 heterocycles. The number of aliphatic hydroxyl groups excluding tert-OH is 1. The first-order valence-corrected chi connectivity index (χ1v) is 7.78. The van der Waals surface area contributed by atoms with Crippen molar-refractivity contribution in [2.45, 2.75) is 39.1 Å². The van der Waals surface area contributed by atoms with Gasteiger partial charge in [0.25, 0.3) is 0 Å². The van der Waals surface area contributed by atoms with Crippen molar-refractivity contribution in [1.29, 1.82) is 0 Å². The molecule has 0 aliphatic heterocycles. The second-order valence-corrected chi connectivity index (χ2v) is 5.87.